The predicted octanol–water partition coefficient (Wildman–Crippen LogP) is 10.00. The summed E-state index contributed by atoms with van der Waals surface area (Å²) < 4.78 is 0. The van der Waals surface area contributed by atoms with Crippen molar-refractivity contribution in [3.63, 3.8) is 0 Å². The summed E-state index contributed by atoms with van der Waals surface area (Å²) in [5.41, 5.74) is 6.62. The molecule has 1 aromatic heterocycles. The molecule has 42 heavy (non-hydrogen) atoms. The molecule has 0 unspecified atom stereocenters. The number of aromatic nitrogens is 3. The van der Waals surface area contributed by atoms with Gasteiger partial charge in [-0.25, -0.2) is 15.0 Å². The zero-order chi connectivity index (χ0) is 27.9. The number of nitrogens with zero attached hydrogens (tertiary/aromatic N) is 3. The molecule has 0 saturated heterocycles. The summed E-state index contributed by atoms with van der Waals surface area (Å²) >= 11 is 0. The molecule has 0 radical (unpaired) electrons. The van der Waals surface area contributed by atoms with E-state index < -0.39 is 0 Å². The van der Waals surface area contributed by atoms with Crippen molar-refractivity contribution in [2.75, 3.05) is 0 Å². The van der Waals surface area contributed by atoms with Crippen molar-refractivity contribution in [3.8, 4) is 45.0 Å². The average Bonchev–Trinajstić information content (AvgIpc) is 3.09. The topological polar surface area (TPSA) is 38.7 Å². The summed E-state index contributed by atoms with van der Waals surface area (Å²) in [7, 11) is 0. The highest BCUT2D eigenvalue weighted by Gasteiger charge is 2.11. The van der Waals surface area contributed by atoms with Crippen molar-refractivity contribution in [3.05, 3.63) is 152 Å². The van der Waals surface area contributed by atoms with Crippen molar-refractivity contribution >= 4 is 32.3 Å². The van der Waals surface area contributed by atoms with Crippen molar-refractivity contribution in [2.45, 2.75) is 0 Å². The van der Waals surface area contributed by atoms with Gasteiger partial charge in [0.2, 0.25) is 0 Å². The molecule has 0 amide bonds. The van der Waals surface area contributed by atoms with Crippen LogP contribution in [0, 0.1) is 0 Å². The molecule has 7 aromatic carbocycles. The number of hydrogen-bond donors (Lipinski definition) is 0. The third kappa shape index (κ3) is 4.20. The van der Waals surface area contributed by atoms with Gasteiger partial charge in [0.15, 0.2) is 11.6 Å². The molecular formula is C39H25N3. The fourth-order valence-electron chi connectivity index (χ4n) is 5.92. The molecule has 8 aromatic rings. The third-order valence-corrected chi connectivity index (χ3v) is 8.04. The molecular weight excluding hydrogens is 510 g/mol. The lowest BCUT2D eigenvalue weighted by molar-refractivity contribution is 1.07. The van der Waals surface area contributed by atoms with Gasteiger partial charge in [-0.05, 0) is 60.6 Å². The summed E-state index contributed by atoms with van der Waals surface area (Å²) in [6.45, 7) is 0. The van der Waals surface area contributed by atoms with E-state index in [1.165, 1.54) is 49.0 Å². The van der Waals surface area contributed by atoms with Crippen LogP contribution in [0.15, 0.2) is 152 Å². The Labute approximate surface area is 243 Å². The summed E-state index contributed by atoms with van der Waals surface area (Å²) in [6.07, 6.45) is 1.59. The highest BCUT2D eigenvalue weighted by Crippen LogP contribution is 2.37. The van der Waals surface area contributed by atoms with Gasteiger partial charge in [-0.1, -0.05) is 140 Å². The van der Waals surface area contributed by atoms with Gasteiger partial charge in [0.25, 0.3) is 0 Å². The highest BCUT2D eigenvalue weighted by molar-refractivity contribution is 6.25. The number of fused-ring (bicyclic) bond motifs is 6. The Morgan fingerprint density at radius 3 is 1.21 bits per heavy atom. The zero-order valence-electron chi connectivity index (χ0n) is 22.8. The molecule has 3 nitrogen and oxygen atoms in total. The van der Waals surface area contributed by atoms with Crippen LogP contribution in [0.1, 0.15) is 0 Å². The normalized spacial score (nSPS) is 11.3. The van der Waals surface area contributed by atoms with Crippen molar-refractivity contribution in [2.24, 2.45) is 0 Å². The van der Waals surface area contributed by atoms with Gasteiger partial charge < -0.3 is 0 Å². The maximum Gasteiger partial charge on any atom is 0.163 e. The Morgan fingerprint density at radius 1 is 0.286 bits per heavy atom. The van der Waals surface area contributed by atoms with E-state index in [-0.39, 0.29) is 0 Å². The maximum atomic E-state index is 4.80. The maximum absolute atomic E-state index is 4.80. The van der Waals surface area contributed by atoms with Crippen LogP contribution < -0.4 is 0 Å². The Kier molecular flexibility index (Phi) is 5.79. The van der Waals surface area contributed by atoms with Gasteiger partial charge in [0.1, 0.15) is 6.33 Å². The Bertz CT molecular complexity index is 2180. The van der Waals surface area contributed by atoms with Crippen LogP contribution in [0.5, 0.6) is 0 Å². The van der Waals surface area contributed by atoms with E-state index >= 15 is 0 Å². The fourth-order valence-corrected chi connectivity index (χ4v) is 5.92. The molecule has 0 aliphatic rings. The minimum Gasteiger partial charge on any atom is -0.217 e. The molecule has 0 aliphatic heterocycles. The Balaban J connectivity index is 1.13. The van der Waals surface area contributed by atoms with E-state index in [1.807, 2.05) is 6.07 Å². The smallest absolute Gasteiger partial charge is 0.163 e. The minimum absolute atomic E-state index is 0.662. The quantitative estimate of drug-likeness (QED) is 0.211. The first kappa shape index (κ1) is 24.2. The van der Waals surface area contributed by atoms with Gasteiger partial charge in [-0.2, -0.15) is 0 Å². The van der Waals surface area contributed by atoms with Crippen LogP contribution in [0.3, 0.4) is 0 Å². The minimum atomic E-state index is 0.662. The van der Waals surface area contributed by atoms with E-state index in [9.17, 15) is 0 Å². The zero-order valence-corrected chi connectivity index (χ0v) is 22.8. The summed E-state index contributed by atoms with van der Waals surface area (Å²) in [5, 5.41) is 7.69. The van der Waals surface area contributed by atoms with E-state index in [0.717, 1.165) is 16.7 Å². The van der Waals surface area contributed by atoms with Crippen LogP contribution in [-0.4, -0.2) is 15.0 Å². The fraction of sp³-hybridized carbons (Fsp3) is 0. The molecule has 0 bridgehead atoms. The number of hydrogen-bond acceptors (Lipinski definition) is 3. The largest absolute Gasteiger partial charge is 0.217 e. The van der Waals surface area contributed by atoms with Crippen molar-refractivity contribution in [1.82, 2.24) is 15.0 Å². The Hall–Kier alpha value is -5.67. The summed E-state index contributed by atoms with van der Waals surface area (Å²) in [5.74, 6) is 1.33. The second-order valence-electron chi connectivity index (χ2n) is 10.5. The van der Waals surface area contributed by atoms with Gasteiger partial charge in [0.05, 0.1) is 0 Å². The van der Waals surface area contributed by atoms with Crippen molar-refractivity contribution < 1.29 is 0 Å². The summed E-state index contributed by atoms with van der Waals surface area (Å²) in [4.78, 5) is 13.7. The number of rotatable bonds is 4. The number of benzene rings is 7. The molecule has 8 rings (SSSR count). The Morgan fingerprint density at radius 2 is 0.667 bits per heavy atom. The van der Waals surface area contributed by atoms with Crippen LogP contribution in [0.2, 0.25) is 0 Å². The first-order valence-corrected chi connectivity index (χ1v) is 14.1. The van der Waals surface area contributed by atoms with Crippen LogP contribution in [0.25, 0.3) is 77.3 Å². The monoisotopic (exact) mass is 535 g/mol. The van der Waals surface area contributed by atoms with Crippen LogP contribution in [0.4, 0.5) is 0 Å². The molecule has 0 aliphatic carbocycles. The SMILES string of the molecule is c1ccc(-c2ccc(-c3ncnc(-c4ccc(-c5ccc6c7ccccc7c7ccccc7c6c5)cc4)n3)cc2)cc1. The van der Waals surface area contributed by atoms with E-state index in [2.05, 4.69) is 149 Å². The van der Waals surface area contributed by atoms with Crippen LogP contribution in [-0.2, 0) is 0 Å². The van der Waals surface area contributed by atoms with Gasteiger partial charge in [-0.15, -0.1) is 0 Å². The molecule has 1 heterocycles. The second-order valence-corrected chi connectivity index (χ2v) is 10.5. The van der Waals surface area contributed by atoms with Gasteiger partial charge in [0, 0.05) is 11.1 Å². The lowest BCUT2D eigenvalue weighted by atomic mass is 9.92. The van der Waals surface area contributed by atoms with E-state index in [1.54, 1.807) is 6.33 Å². The molecule has 3 heteroatoms. The summed E-state index contributed by atoms with van der Waals surface area (Å²) in [6, 6.07) is 51.4. The standard InChI is InChI=1S/C39H25N3/c1-2-8-26(9-3-1)27-14-18-29(19-15-27)38-40-25-41-39(42-38)30-20-16-28(17-21-30)31-22-23-36-34-12-5-4-10-32(34)33-11-6-7-13-35(33)37(36)24-31/h1-25H. The van der Waals surface area contributed by atoms with E-state index in [4.69, 9.17) is 4.98 Å². The average molecular weight is 536 g/mol. The third-order valence-electron chi connectivity index (χ3n) is 8.04. The lowest BCUT2D eigenvalue weighted by Gasteiger charge is -2.12. The first-order chi connectivity index (χ1) is 20.8. The molecule has 196 valence electrons. The molecule has 0 fully saturated rings. The van der Waals surface area contributed by atoms with Gasteiger partial charge in [-0.3, -0.25) is 0 Å². The molecule has 0 spiro atoms. The lowest BCUT2D eigenvalue weighted by Crippen LogP contribution is -1.95. The molecule has 0 saturated carbocycles. The first-order valence-electron chi connectivity index (χ1n) is 14.1. The predicted molar refractivity (Wildman–Crippen MR) is 174 cm³/mol. The van der Waals surface area contributed by atoms with E-state index in [0.29, 0.717) is 11.6 Å². The van der Waals surface area contributed by atoms with Gasteiger partial charge >= 0.3 is 0 Å². The molecule has 0 atom stereocenters. The second kappa shape index (κ2) is 10.1. The molecule has 0 N–H and O–H groups in total. The van der Waals surface area contributed by atoms with Crippen LogP contribution >= 0.6 is 0 Å². The van der Waals surface area contributed by atoms with Crippen molar-refractivity contribution in [1.29, 1.82) is 0 Å². The highest BCUT2D eigenvalue weighted by atomic mass is 15.0.